The van der Waals surface area contributed by atoms with E-state index in [1.807, 2.05) is 12.1 Å². The van der Waals surface area contributed by atoms with Crippen LogP contribution < -0.4 is 5.73 Å². The summed E-state index contributed by atoms with van der Waals surface area (Å²) in [5.74, 6) is -0.871. The second-order valence-corrected chi connectivity index (χ2v) is 9.55. The molecule has 11 heteroatoms. The van der Waals surface area contributed by atoms with E-state index in [0.29, 0.717) is 11.3 Å². The zero-order chi connectivity index (χ0) is 23.6. The van der Waals surface area contributed by atoms with Crippen molar-refractivity contribution in [3.8, 4) is 0 Å². The number of rotatable bonds is 5. The van der Waals surface area contributed by atoms with Gasteiger partial charge in [-0.2, -0.15) is 0 Å². The maximum atomic E-state index is 10.8. The fourth-order valence-corrected chi connectivity index (χ4v) is 1.87. The van der Waals surface area contributed by atoms with E-state index >= 15 is 0 Å². The van der Waals surface area contributed by atoms with Crippen LogP contribution in [0.25, 0.3) is 12.2 Å². The first-order chi connectivity index (χ1) is 14.8. The Hall–Kier alpha value is -2.56. The number of ether oxygens (including phenoxy) is 2. The number of nitrogens with two attached hydrogens (primary N) is 1. The van der Waals surface area contributed by atoms with E-state index in [1.54, 1.807) is 30.3 Å². The molecule has 2 radical (unpaired) electrons. The fraction of sp³-hybridized carbons (Fsp3) is 0.143. The van der Waals surface area contributed by atoms with Crippen molar-refractivity contribution >= 4 is 72.2 Å². The van der Waals surface area contributed by atoms with Gasteiger partial charge in [-0.3, -0.25) is 10.1 Å². The number of hydrogen-bond acceptors (Lipinski definition) is 7. The van der Waals surface area contributed by atoms with Gasteiger partial charge in [0.15, 0.2) is 0 Å². The third kappa shape index (κ3) is 15.3. The van der Waals surface area contributed by atoms with E-state index in [4.69, 9.17) is 23.6 Å². The van der Waals surface area contributed by atoms with Gasteiger partial charge < -0.3 is 15.2 Å². The first kappa shape index (κ1) is 31.6. The van der Waals surface area contributed by atoms with Crippen LogP contribution in [0.3, 0.4) is 0 Å². The van der Waals surface area contributed by atoms with Crippen LogP contribution in [-0.2, 0) is 19.1 Å². The molecule has 0 bridgehead atoms. The van der Waals surface area contributed by atoms with E-state index in [1.165, 1.54) is 44.6 Å². The van der Waals surface area contributed by atoms with Crippen LogP contribution in [0.1, 0.15) is 18.6 Å². The average molecular weight is 590 g/mol. The van der Waals surface area contributed by atoms with Crippen molar-refractivity contribution in [1.82, 2.24) is 0 Å². The van der Waals surface area contributed by atoms with Crippen molar-refractivity contribution in [2.24, 2.45) is 0 Å². The van der Waals surface area contributed by atoms with Gasteiger partial charge in [-0.05, 0) is 35.4 Å². The molecule has 32 heavy (non-hydrogen) atoms. The molecule has 2 aromatic rings. The normalized spacial score (nSPS) is 9.50. The van der Waals surface area contributed by atoms with E-state index < -0.39 is 29.8 Å². The summed E-state index contributed by atoms with van der Waals surface area (Å²) in [7, 11) is 12.5. The second-order valence-electron chi connectivity index (χ2n) is 5.31. The summed E-state index contributed by atoms with van der Waals surface area (Å²) < 4.78 is 8.84. The van der Waals surface area contributed by atoms with Gasteiger partial charge >= 0.3 is 48.7 Å². The first-order valence-corrected chi connectivity index (χ1v) is 15.6. The van der Waals surface area contributed by atoms with Crippen molar-refractivity contribution in [2.45, 2.75) is 7.43 Å². The standard InChI is InChI=1S/C10H9NO4.C10H11NO2.CH4.2ClH.Sn/c1-15-10(12)6-5-8-3-2-4-9(7-8)11(13)14;1-13-10(12)6-5-8-3-2-4-9(11)7-8;;;;/h2-7H,1H3;2-7H,11H2,1H3;1H4;2*1H;/q;;;;;+2/p-2/b2*6-5+;;;;. The maximum absolute atomic E-state index is 10.8. The number of carbonyl (C=O) groups excluding carboxylic acids is 2. The third-order valence-corrected chi connectivity index (χ3v) is 3.22. The minimum atomic E-state index is -0.826. The molecule has 8 nitrogen and oxygen atoms in total. The molecular weight excluding hydrogens is 566 g/mol. The van der Waals surface area contributed by atoms with Gasteiger partial charge in [-0.25, -0.2) is 9.59 Å². The van der Waals surface area contributed by atoms with Crippen molar-refractivity contribution in [2.75, 3.05) is 20.0 Å². The molecule has 0 aromatic heterocycles. The summed E-state index contributed by atoms with van der Waals surface area (Å²) in [4.78, 5) is 31.4. The molecule has 0 heterocycles. The van der Waals surface area contributed by atoms with Crippen LogP contribution >= 0.6 is 17.8 Å². The Kier molecular flexibility index (Phi) is 18.9. The van der Waals surface area contributed by atoms with Gasteiger partial charge in [0, 0.05) is 30.0 Å². The van der Waals surface area contributed by atoms with E-state index in [-0.39, 0.29) is 19.1 Å². The summed E-state index contributed by atoms with van der Waals surface area (Å²) in [5.41, 5.74) is 7.67. The molecule has 0 aliphatic carbocycles. The molecule has 0 aliphatic heterocycles. The minimum absolute atomic E-state index is 0. The summed E-state index contributed by atoms with van der Waals surface area (Å²) in [6.07, 6.45) is 5.68. The van der Waals surface area contributed by atoms with Gasteiger partial charge in [-0.15, -0.1) is 0 Å². The number of methoxy groups -OCH3 is 2. The summed E-state index contributed by atoms with van der Waals surface area (Å²) >= 11 is -0.826. The molecule has 0 saturated carbocycles. The van der Waals surface area contributed by atoms with Gasteiger partial charge in [0.2, 0.25) is 0 Å². The number of anilines is 1. The Bertz CT molecular complexity index is 923. The molecule has 0 unspecified atom stereocenters. The number of hydrogen-bond donors (Lipinski definition) is 1. The number of nitro benzene ring substituents is 1. The monoisotopic (exact) mass is 590 g/mol. The molecule has 0 fully saturated rings. The molecule has 2 rings (SSSR count). The molecule has 2 aromatic carbocycles. The van der Waals surface area contributed by atoms with E-state index in [9.17, 15) is 19.7 Å². The Balaban J connectivity index is 0. The summed E-state index contributed by atoms with van der Waals surface area (Å²) in [5, 5.41) is 10.4. The molecule has 0 aliphatic rings. The molecule has 0 saturated heterocycles. The topological polar surface area (TPSA) is 122 Å². The van der Waals surface area contributed by atoms with Gasteiger partial charge in [0.05, 0.1) is 19.1 Å². The molecular formula is C21H24Cl2N2O6Sn. The number of esters is 2. The van der Waals surface area contributed by atoms with E-state index in [0.717, 1.165) is 5.56 Å². The SMILES string of the molecule is C.COC(=O)/C=C/c1cccc(N)c1.COC(=O)/C=C/c1cccc([N+](=O)[O-])c1.[Cl][Sn][Cl]. The van der Waals surface area contributed by atoms with Crippen LogP contribution in [-0.4, -0.2) is 50.0 Å². The Morgan fingerprint density at radius 3 is 1.81 bits per heavy atom. The van der Waals surface area contributed by atoms with Gasteiger partial charge in [0.25, 0.3) is 5.69 Å². The van der Waals surface area contributed by atoms with Gasteiger partial charge in [-0.1, -0.05) is 31.7 Å². The molecule has 2 N–H and O–H groups in total. The molecule has 0 amide bonds. The number of non-ortho nitro benzene ring substituents is 1. The number of benzene rings is 2. The second kappa shape index (κ2) is 19.1. The number of nitro groups is 1. The summed E-state index contributed by atoms with van der Waals surface area (Å²) in [6, 6.07) is 13.2. The number of nitrogens with zero attached hydrogens (tertiary/aromatic N) is 1. The van der Waals surface area contributed by atoms with E-state index in [2.05, 4.69) is 9.47 Å². The first-order valence-electron chi connectivity index (χ1n) is 8.35. The van der Waals surface area contributed by atoms with Crippen LogP contribution in [0.2, 0.25) is 0 Å². The molecule has 0 atom stereocenters. The van der Waals surface area contributed by atoms with Crippen molar-refractivity contribution in [3.05, 3.63) is 81.9 Å². The summed E-state index contributed by atoms with van der Waals surface area (Å²) in [6.45, 7) is 0. The Morgan fingerprint density at radius 1 is 0.969 bits per heavy atom. The quantitative estimate of drug-likeness (QED) is 0.132. The Morgan fingerprint density at radius 2 is 1.41 bits per heavy atom. The fourth-order valence-electron chi connectivity index (χ4n) is 1.87. The third-order valence-electron chi connectivity index (χ3n) is 3.22. The zero-order valence-corrected chi connectivity index (χ0v) is 21.0. The number of nitrogen functional groups attached to an aromatic ring is 1. The van der Waals surface area contributed by atoms with Crippen molar-refractivity contribution in [3.63, 3.8) is 0 Å². The number of halogens is 2. The van der Waals surface area contributed by atoms with Crippen molar-refractivity contribution < 1.29 is 24.0 Å². The van der Waals surface area contributed by atoms with Crippen LogP contribution in [0.15, 0.2) is 60.7 Å². The average Bonchev–Trinajstić information content (AvgIpc) is 2.77. The van der Waals surface area contributed by atoms with Gasteiger partial charge in [0.1, 0.15) is 0 Å². The number of carbonyl (C=O) groups is 2. The Labute approximate surface area is 204 Å². The predicted octanol–water partition coefficient (Wildman–Crippen LogP) is 4.87. The van der Waals surface area contributed by atoms with Crippen molar-refractivity contribution in [1.29, 1.82) is 0 Å². The van der Waals surface area contributed by atoms with Crippen LogP contribution in [0.5, 0.6) is 0 Å². The predicted molar refractivity (Wildman–Crippen MR) is 130 cm³/mol. The van der Waals surface area contributed by atoms with Crippen LogP contribution in [0.4, 0.5) is 11.4 Å². The molecule has 172 valence electrons. The van der Waals surface area contributed by atoms with Crippen LogP contribution in [0, 0.1) is 10.1 Å². The molecule has 0 spiro atoms. The zero-order valence-electron chi connectivity index (χ0n) is 16.7.